The van der Waals surface area contributed by atoms with Crippen LogP contribution in [0, 0.1) is 0 Å². The molecule has 0 aliphatic carbocycles. The van der Waals surface area contributed by atoms with Gasteiger partial charge in [0.2, 0.25) is 0 Å². The topological polar surface area (TPSA) is 56.5 Å². The highest BCUT2D eigenvalue weighted by atomic mass is 16.6. The van der Waals surface area contributed by atoms with Crippen molar-refractivity contribution >= 4 is 0 Å². The second kappa shape index (κ2) is 6.61. The summed E-state index contributed by atoms with van der Waals surface area (Å²) in [7, 11) is 0. The van der Waals surface area contributed by atoms with E-state index in [1.165, 1.54) is 6.42 Å². The van der Waals surface area contributed by atoms with Crippen LogP contribution in [0.3, 0.4) is 0 Å². The number of aromatic nitrogens is 1. The molecule has 1 saturated heterocycles. The summed E-state index contributed by atoms with van der Waals surface area (Å²) >= 11 is 0. The van der Waals surface area contributed by atoms with Gasteiger partial charge in [0.25, 0.3) is 0 Å². The van der Waals surface area contributed by atoms with Gasteiger partial charge in [-0.1, -0.05) is 6.92 Å². The minimum atomic E-state index is 0.188. The number of oxazole rings is 1. The molecule has 17 heavy (non-hydrogen) atoms. The lowest BCUT2D eigenvalue weighted by Crippen LogP contribution is -2.25. The standard InChI is InChI=1S/C12H20N2O3/c1-2-13-7-10-8-16-12(14-10)17-9-11-5-3-4-6-15-11/h8,11,13H,2-7,9H2,1H3. The van der Waals surface area contributed by atoms with Crippen LogP contribution in [0.15, 0.2) is 10.7 Å². The third kappa shape index (κ3) is 4.02. The Morgan fingerprint density at radius 3 is 3.24 bits per heavy atom. The Kier molecular flexibility index (Phi) is 4.82. The van der Waals surface area contributed by atoms with E-state index in [4.69, 9.17) is 13.9 Å². The van der Waals surface area contributed by atoms with Crippen LogP contribution in [0.1, 0.15) is 31.9 Å². The maximum atomic E-state index is 5.56. The molecule has 1 aliphatic heterocycles. The molecule has 0 saturated carbocycles. The van der Waals surface area contributed by atoms with Crippen LogP contribution in [0.4, 0.5) is 0 Å². The Morgan fingerprint density at radius 1 is 1.53 bits per heavy atom. The van der Waals surface area contributed by atoms with Gasteiger partial charge in [0.15, 0.2) is 0 Å². The first-order chi connectivity index (χ1) is 8.38. The molecule has 1 N–H and O–H groups in total. The van der Waals surface area contributed by atoms with Gasteiger partial charge in [0.1, 0.15) is 12.9 Å². The summed E-state index contributed by atoms with van der Waals surface area (Å²) in [6.07, 6.45) is 5.58. The van der Waals surface area contributed by atoms with Crippen LogP contribution in [-0.2, 0) is 11.3 Å². The highest BCUT2D eigenvalue weighted by Gasteiger charge is 2.15. The van der Waals surface area contributed by atoms with Crippen molar-refractivity contribution in [3.63, 3.8) is 0 Å². The summed E-state index contributed by atoms with van der Waals surface area (Å²) in [5.74, 6) is 0. The second-order valence-electron chi connectivity index (χ2n) is 4.18. The van der Waals surface area contributed by atoms with E-state index in [2.05, 4.69) is 17.2 Å². The number of hydrogen-bond donors (Lipinski definition) is 1. The molecule has 2 rings (SSSR count). The molecule has 1 unspecified atom stereocenters. The molecule has 0 aromatic carbocycles. The van der Waals surface area contributed by atoms with Gasteiger partial charge in [0, 0.05) is 13.2 Å². The van der Waals surface area contributed by atoms with E-state index in [1.54, 1.807) is 6.26 Å². The van der Waals surface area contributed by atoms with Crippen molar-refractivity contribution in [2.75, 3.05) is 19.8 Å². The van der Waals surface area contributed by atoms with Crippen LogP contribution >= 0.6 is 0 Å². The van der Waals surface area contributed by atoms with Crippen molar-refractivity contribution in [1.29, 1.82) is 0 Å². The third-order valence-corrected chi connectivity index (χ3v) is 2.75. The van der Waals surface area contributed by atoms with Crippen molar-refractivity contribution in [3.05, 3.63) is 12.0 Å². The first-order valence-electron chi connectivity index (χ1n) is 6.28. The molecule has 2 heterocycles. The zero-order valence-electron chi connectivity index (χ0n) is 10.3. The number of hydrogen-bond acceptors (Lipinski definition) is 5. The van der Waals surface area contributed by atoms with Gasteiger partial charge in [-0.25, -0.2) is 0 Å². The van der Waals surface area contributed by atoms with Gasteiger partial charge in [-0.05, 0) is 25.8 Å². The van der Waals surface area contributed by atoms with Gasteiger partial charge < -0.3 is 19.2 Å². The van der Waals surface area contributed by atoms with E-state index in [-0.39, 0.29) is 6.10 Å². The predicted octanol–water partition coefficient (Wildman–Crippen LogP) is 1.73. The lowest BCUT2D eigenvalue weighted by atomic mass is 10.1. The second-order valence-corrected chi connectivity index (χ2v) is 4.18. The average Bonchev–Trinajstić information content (AvgIpc) is 2.83. The fourth-order valence-electron chi connectivity index (χ4n) is 1.79. The molecule has 1 aromatic rings. The largest absolute Gasteiger partial charge is 0.447 e. The molecule has 0 spiro atoms. The Morgan fingerprint density at radius 2 is 2.47 bits per heavy atom. The zero-order valence-corrected chi connectivity index (χ0v) is 10.3. The van der Waals surface area contributed by atoms with Crippen LogP contribution in [0.2, 0.25) is 0 Å². The van der Waals surface area contributed by atoms with Gasteiger partial charge in [-0.2, -0.15) is 4.98 Å². The minimum Gasteiger partial charge on any atom is -0.447 e. The summed E-state index contributed by atoms with van der Waals surface area (Å²) in [5, 5.41) is 3.18. The quantitative estimate of drug-likeness (QED) is 0.820. The number of nitrogens with zero attached hydrogens (tertiary/aromatic N) is 1. The average molecular weight is 240 g/mol. The van der Waals surface area contributed by atoms with Crippen LogP contribution < -0.4 is 10.1 Å². The van der Waals surface area contributed by atoms with Crippen molar-refractivity contribution in [1.82, 2.24) is 10.3 Å². The van der Waals surface area contributed by atoms with Gasteiger partial charge in [-0.15, -0.1) is 0 Å². The molecular formula is C12H20N2O3. The van der Waals surface area contributed by atoms with Crippen LogP contribution in [-0.4, -0.2) is 30.8 Å². The highest BCUT2D eigenvalue weighted by molar-refractivity contribution is 4.99. The summed E-state index contributed by atoms with van der Waals surface area (Å²) in [5.41, 5.74) is 0.867. The van der Waals surface area contributed by atoms with E-state index in [9.17, 15) is 0 Å². The Bertz CT molecular complexity index is 321. The van der Waals surface area contributed by atoms with Crippen molar-refractivity contribution in [2.45, 2.75) is 38.8 Å². The Hall–Kier alpha value is -1.07. The third-order valence-electron chi connectivity index (χ3n) is 2.75. The lowest BCUT2D eigenvalue weighted by Gasteiger charge is -2.21. The monoisotopic (exact) mass is 240 g/mol. The Labute approximate surface area is 102 Å². The number of nitrogens with one attached hydrogen (secondary N) is 1. The molecule has 0 amide bonds. The van der Waals surface area contributed by atoms with Gasteiger partial charge >= 0.3 is 6.08 Å². The summed E-state index contributed by atoms with van der Waals surface area (Å²) in [6.45, 7) is 5.05. The molecule has 0 radical (unpaired) electrons. The molecular weight excluding hydrogens is 220 g/mol. The maximum Gasteiger partial charge on any atom is 0.393 e. The highest BCUT2D eigenvalue weighted by Crippen LogP contribution is 2.15. The molecule has 0 bridgehead atoms. The van der Waals surface area contributed by atoms with E-state index < -0.39 is 0 Å². The van der Waals surface area contributed by atoms with Gasteiger partial charge in [0.05, 0.1) is 11.8 Å². The van der Waals surface area contributed by atoms with E-state index >= 15 is 0 Å². The van der Waals surface area contributed by atoms with Crippen molar-refractivity contribution in [3.8, 4) is 6.08 Å². The maximum absolute atomic E-state index is 5.56. The molecule has 96 valence electrons. The fraction of sp³-hybridized carbons (Fsp3) is 0.750. The first-order valence-corrected chi connectivity index (χ1v) is 6.28. The Balaban J connectivity index is 1.72. The zero-order chi connectivity index (χ0) is 11.9. The summed E-state index contributed by atoms with van der Waals surface area (Å²) < 4.78 is 16.3. The number of ether oxygens (including phenoxy) is 2. The molecule has 5 heteroatoms. The molecule has 1 atom stereocenters. The molecule has 5 nitrogen and oxygen atoms in total. The van der Waals surface area contributed by atoms with Crippen molar-refractivity contribution in [2.24, 2.45) is 0 Å². The SMILES string of the molecule is CCNCc1coc(OCC2CCCCO2)n1. The minimum absolute atomic E-state index is 0.188. The van der Waals surface area contributed by atoms with Crippen LogP contribution in [0.25, 0.3) is 0 Å². The van der Waals surface area contributed by atoms with Crippen LogP contribution in [0.5, 0.6) is 6.08 Å². The lowest BCUT2D eigenvalue weighted by molar-refractivity contribution is -0.0167. The van der Waals surface area contributed by atoms with E-state index in [1.807, 2.05) is 0 Å². The molecule has 1 fully saturated rings. The van der Waals surface area contributed by atoms with E-state index in [0.717, 1.165) is 31.7 Å². The summed E-state index contributed by atoms with van der Waals surface area (Å²) in [6, 6.07) is 0. The molecule has 1 aliphatic rings. The van der Waals surface area contributed by atoms with E-state index in [0.29, 0.717) is 19.2 Å². The first kappa shape index (κ1) is 12.4. The van der Waals surface area contributed by atoms with Crippen molar-refractivity contribution < 1.29 is 13.9 Å². The normalized spacial score (nSPS) is 20.4. The molecule has 1 aromatic heterocycles. The number of rotatable bonds is 6. The van der Waals surface area contributed by atoms with Gasteiger partial charge in [-0.3, -0.25) is 0 Å². The fourth-order valence-corrected chi connectivity index (χ4v) is 1.79. The smallest absolute Gasteiger partial charge is 0.393 e. The summed E-state index contributed by atoms with van der Waals surface area (Å²) in [4.78, 5) is 4.23. The predicted molar refractivity (Wildman–Crippen MR) is 63.0 cm³/mol.